The van der Waals surface area contributed by atoms with Crippen molar-refractivity contribution < 1.29 is 14.3 Å². The van der Waals surface area contributed by atoms with Gasteiger partial charge in [-0.1, -0.05) is 11.6 Å². The average Bonchev–Trinajstić information content (AvgIpc) is 3.17. The van der Waals surface area contributed by atoms with Crippen LogP contribution in [-0.4, -0.2) is 42.2 Å². The Kier molecular flexibility index (Phi) is 5.90. The van der Waals surface area contributed by atoms with Crippen molar-refractivity contribution in [3.8, 4) is 5.75 Å². The lowest BCUT2D eigenvalue weighted by Gasteiger charge is -2.13. The largest absolute Gasteiger partial charge is 0.495 e. The van der Waals surface area contributed by atoms with Crippen LogP contribution < -0.4 is 15.4 Å². The monoisotopic (exact) mass is 376 g/mol. The lowest BCUT2D eigenvalue weighted by Crippen LogP contribution is -2.20. The molecule has 2 N–H and O–H groups in total. The first kappa shape index (κ1) is 18.4. The fourth-order valence-corrected chi connectivity index (χ4v) is 2.83. The molecule has 3 rings (SSSR count). The first-order valence-electron chi connectivity index (χ1n) is 8.40. The molecule has 1 aromatic carbocycles. The van der Waals surface area contributed by atoms with E-state index >= 15 is 0 Å². The number of nitrogens with one attached hydrogen (secondary N) is 2. The van der Waals surface area contributed by atoms with Crippen LogP contribution >= 0.6 is 11.6 Å². The number of halogens is 1. The molecule has 1 unspecified atom stereocenters. The molecule has 1 saturated heterocycles. The summed E-state index contributed by atoms with van der Waals surface area (Å²) in [4.78, 5) is 20.8. The Hall–Kier alpha value is -2.38. The Balaban J connectivity index is 1.63. The summed E-state index contributed by atoms with van der Waals surface area (Å²) in [7, 11) is 1.52. The lowest BCUT2D eigenvalue weighted by atomic mass is 10.2. The molecule has 1 aromatic heterocycles. The standard InChI is InChI=1S/C18H21ClN4O3/c1-11-6-14(16(25-2)7-13(11)19)23-18(24)15-9-22-17(10-20-15)21-8-12-4-3-5-26-12/h6-7,9-10,12H,3-5,8H2,1-2H3,(H,21,22)(H,23,24). The van der Waals surface area contributed by atoms with Crippen LogP contribution in [0.2, 0.25) is 5.02 Å². The maximum atomic E-state index is 12.4. The van der Waals surface area contributed by atoms with Gasteiger partial charge in [-0.15, -0.1) is 0 Å². The van der Waals surface area contributed by atoms with Gasteiger partial charge < -0.3 is 20.1 Å². The summed E-state index contributed by atoms with van der Waals surface area (Å²) in [5.74, 6) is 0.719. The van der Waals surface area contributed by atoms with Crippen molar-refractivity contribution in [2.45, 2.75) is 25.9 Å². The molecule has 26 heavy (non-hydrogen) atoms. The highest BCUT2D eigenvalue weighted by molar-refractivity contribution is 6.31. The van der Waals surface area contributed by atoms with Crippen molar-refractivity contribution in [1.82, 2.24) is 9.97 Å². The van der Waals surface area contributed by atoms with Crippen molar-refractivity contribution >= 4 is 29.0 Å². The second kappa shape index (κ2) is 8.33. The van der Waals surface area contributed by atoms with E-state index in [1.807, 2.05) is 6.92 Å². The van der Waals surface area contributed by atoms with Crippen LogP contribution in [0.4, 0.5) is 11.5 Å². The molecule has 1 atom stereocenters. The Labute approximate surface area is 157 Å². The zero-order valence-corrected chi connectivity index (χ0v) is 15.5. The summed E-state index contributed by atoms with van der Waals surface area (Å²) >= 11 is 6.08. The second-order valence-electron chi connectivity index (χ2n) is 6.06. The number of carbonyl (C=O) groups is 1. The third-order valence-corrected chi connectivity index (χ3v) is 4.56. The molecule has 1 amide bonds. The predicted octanol–water partition coefficient (Wildman–Crippen LogP) is 3.29. The number of carbonyl (C=O) groups excluding carboxylic acids is 1. The van der Waals surface area contributed by atoms with Gasteiger partial charge >= 0.3 is 0 Å². The molecule has 2 heterocycles. The minimum Gasteiger partial charge on any atom is -0.495 e. The molecule has 138 valence electrons. The van der Waals surface area contributed by atoms with Crippen LogP contribution in [0.15, 0.2) is 24.5 Å². The van der Waals surface area contributed by atoms with E-state index in [1.165, 1.54) is 19.5 Å². The maximum absolute atomic E-state index is 12.4. The third-order valence-electron chi connectivity index (χ3n) is 4.15. The van der Waals surface area contributed by atoms with Gasteiger partial charge in [0.1, 0.15) is 17.3 Å². The fraction of sp³-hybridized carbons (Fsp3) is 0.389. The number of benzene rings is 1. The van der Waals surface area contributed by atoms with Gasteiger partial charge in [0.2, 0.25) is 0 Å². The number of rotatable bonds is 6. The summed E-state index contributed by atoms with van der Waals surface area (Å²) in [5.41, 5.74) is 1.58. The molecular formula is C18H21ClN4O3. The number of anilines is 2. The number of aromatic nitrogens is 2. The molecule has 0 saturated carbocycles. The van der Waals surface area contributed by atoms with E-state index in [0.717, 1.165) is 25.0 Å². The first-order valence-corrected chi connectivity index (χ1v) is 8.77. The number of methoxy groups -OCH3 is 1. The van der Waals surface area contributed by atoms with Crippen LogP contribution in [0.3, 0.4) is 0 Å². The molecule has 1 aliphatic rings. The second-order valence-corrected chi connectivity index (χ2v) is 6.47. The summed E-state index contributed by atoms with van der Waals surface area (Å²) in [5, 5.41) is 6.52. The van der Waals surface area contributed by atoms with E-state index < -0.39 is 0 Å². The van der Waals surface area contributed by atoms with Gasteiger partial charge in [-0.25, -0.2) is 9.97 Å². The molecule has 1 aliphatic heterocycles. The minimum atomic E-state index is -0.372. The average molecular weight is 377 g/mol. The van der Waals surface area contributed by atoms with E-state index in [4.69, 9.17) is 21.1 Å². The van der Waals surface area contributed by atoms with Crippen LogP contribution in [0.5, 0.6) is 5.75 Å². The fourth-order valence-electron chi connectivity index (χ4n) is 2.68. The number of nitrogens with zero attached hydrogens (tertiary/aromatic N) is 2. The van der Waals surface area contributed by atoms with Gasteiger partial charge in [0.15, 0.2) is 0 Å². The molecular weight excluding hydrogens is 356 g/mol. The summed E-state index contributed by atoms with van der Waals surface area (Å²) in [6.07, 6.45) is 5.31. The highest BCUT2D eigenvalue weighted by Crippen LogP contribution is 2.31. The van der Waals surface area contributed by atoms with Crippen molar-refractivity contribution in [1.29, 1.82) is 0 Å². The first-order chi connectivity index (χ1) is 12.6. The van der Waals surface area contributed by atoms with Crippen LogP contribution in [0, 0.1) is 6.92 Å². The molecule has 1 fully saturated rings. The van der Waals surface area contributed by atoms with Gasteiger partial charge in [-0.2, -0.15) is 0 Å². The van der Waals surface area contributed by atoms with Crippen LogP contribution in [-0.2, 0) is 4.74 Å². The van der Waals surface area contributed by atoms with Gasteiger partial charge in [0, 0.05) is 24.2 Å². The van der Waals surface area contributed by atoms with Crippen LogP contribution in [0.25, 0.3) is 0 Å². The van der Waals surface area contributed by atoms with Crippen molar-refractivity contribution in [2.75, 3.05) is 30.9 Å². The number of hydrogen-bond donors (Lipinski definition) is 2. The molecule has 0 spiro atoms. The molecule has 8 heteroatoms. The van der Waals surface area contributed by atoms with E-state index in [1.54, 1.807) is 12.1 Å². The third kappa shape index (κ3) is 4.42. The summed E-state index contributed by atoms with van der Waals surface area (Å²) < 4.78 is 10.8. The lowest BCUT2D eigenvalue weighted by molar-refractivity contribution is 0.102. The highest BCUT2D eigenvalue weighted by atomic mass is 35.5. The maximum Gasteiger partial charge on any atom is 0.275 e. The van der Waals surface area contributed by atoms with Gasteiger partial charge in [0.05, 0.1) is 31.3 Å². The van der Waals surface area contributed by atoms with E-state index in [0.29, 0.717) is 28.8 Å². The quantitative estimate of drug-likeness (QED) is 0.804. The smallest absolute Gasteiger partial charge is 0.275 e. The van der Waals surface area contributed by atoms with Crippen LogP contribution in [0.1, 0.15) is 28.9 Å². The van der Waals surface area contributed by atoms with Crippen molar-refractivity contribution in [2.24, 2.45) is 0 Å². The Morgan fingerprint density at radius 3 is 2.88 bits per heavy atom. The normalized spacial score (nSPS) is 16.3. The minimum absolute atomic E-state index is 0.209. The Morgan fingerprint density at radius 2 is 2.23 bits per heavy atom. The topological polar surface area (TPSA) is 85.4 Å². The Morgan fingerprint density at radius 1 is 1.38 bits per heavy atom. The Bertz CT molecular complexity index is 777. The predicted molar refractivity (Wildman–Crippen MR) is 100 cm³/mol. The number of aryl methyl sites for hydroxylation is 1. The zero-order chi connectivity index (χ0) is 18.5. The molecule has 2 aromatic rings. The molecule has 0 bridgehead atoms. The van der Waals surface area contributed by atoms with Crippen molar-refractivity contribution in [3.05, 3.63) is 40.8 Å². The summed E-state index contributed by atoms with van der Waals surface area (Å²) in [6, 6.07) is 3.42. The number of ether oxygens (including phenoxy) is 2. The highest BCUT2D eigenvalue weighted by Gasteiger charge is 2.16. The van der Waals surface area contributed by atoms with Gasteiger partial charge in [-0.3, -0.25) is 4.79 Å². The molecule has 7 nitrogen and oxygen atoms in total. The zero-order valence-electron chi connectivity index (χ0n) is 14.7. The molecule has 0 radical (unpaired) electrons. The van der Waals surface area contributed by atoms with E-state index in [-0.39, 0.29) is 17.7 Å². The van der Waals surface area contributed by atoms with Crippen molar-refractivity contribution in [3.63, 3.8) is 0 Å². The summed E-state index contributed by atoms with van der Waals surface area (Å²) in [6.45, 7) is 3.35. The van der Waals surface area contributed by atoms with E-state index in [2.05, 4.69) is 20.6 Å². The number of amides is 1. The SMILES string of the molecule is COc1cc(Cl)c(C)cc1NC(=O)c1cnc(NCC2CCCO2)cn1. The van der Waals surface area contributed by atoms with Gasteiger partial charge in [0.25, 0.3) is 5.91 Å². The number of hydrogen-bond acceptors (Lipinski definition) is 6. The molecule has 0 aliphatic carbocycles. The van der Waals surface area contributed by atoms with Gasteiger partial charge in [-0.05, 0) is 31.4 Å². The van der Waals surface area contributed by atoms with E-state index in [9.17, 15) is 4.79 Å².